The van der Waals surface area contributed by atoms with Crippen molar-refractivity contribution in [2.24, 2.45) is 0 Å². The van der Waals surface area contributed by atoms with Crippen LogP contribution in [-0.4, -0.2) is 24.7 Å². The molecule has 2 aromatic carbocycles. The Hall–Kier alpha value is -3.02. The minimum absolute atomic E-state index is 0.0505. The summed E-state index contributed by atoms with van der Waals surface area (Å²) in [6.45, 7) is 3.45. The number of hydrogen-bond acceptors (Lipinski definition) is 4. The molecule has 0 atom stereocenters. The minimum Gasteiger partial charge on any atom is -0.494 e. The van der Waals surface area contributed by atoms with Crippen LogP contribution in [-0.2, 0) is 4.74 Å². The van der Waals surface area contributed by atoms with Gasteiger partial charge in [0.25, 0.3) is 0 Å². The Morgan fingerprint density at radius 2 is 1.96 bits per heavy atom. The first-order valence-corrected chi connectivity index (χ1v) is 8.07. The zero-order valence-electron chi connectivity index (χ0n) is 14.6. The summed E-state index contributed by atoms with van der Waals surface area (Å²) >= 11 is 0. The standard InChI is InChI=1S/C20H17F2NO3/c1-4-26-20(24)14-8-7-12(13-6-5-9-23-19(13)14)16-17(21)11(2)10-15(25-3)18(16)22/h5-10H,4H2,1-3H3. The normalized spacial score (nSPS) is 10.8. The summed E-state index contributed by atoms with van der Waals surface area (Å²) < 4.78 is 39.7. The Morgan fingerprint density at radius 3 is 2.65 bits per heavy atom. The molecule has 3 rings (SSSR count). The van der Waals surface area contributed by atoms with E-state index in [2.05, 4.69) is 4.98 Å². The van der Waals surface area contributed by atoms with Crippen molar-refractivity contribution in [2.45, 2.75) is 13.8 Å². The van der Waals surface area contributed by atoms with Crippen molar-refractivity contribution in [3.8, 4) is 16.9 Å². The topological polar surface area (TPSA) is 48.4 Å². The molecule has 0 N–H and O–H groups in total. The Kier molecular flexibility index (Phi) is 4.84. The van der Waals surface area contributed by atoms with Gasteiger partial charge in [0.1, 0.15) is 5.82 Å². The lowest BCUT2D eigenvalue weighted by atomic mass is 9.95. The van der Waals surface area contributed by atoms with Crippen LogP contribution in [0.1, 0.15) is 22.8 Å². The summed E-state index contributed by atoms with van der Waals surface area (Å²) in [4.78, 5) is 16.4. The maximum atomic E-state index is 14.8. The number of nitrogens with zero attached hydrogens (tertiary/aromatic N) is 1. The summed E-state index contributed by atoms with van der Waals surface area (Å²) in [7, 11) is 1.32. The van der Waals surface area contributed by atoms with Crippen LogP contribution in [0, 0.1) is 18.6 Å². The maximum absolute atomic E-state index is 14.8. The average Bonchev–Trinajstić information content (AvgIpc) is 2.65. The molecule has 0 spiro atoms. The van der Waals surface area contributed by atoms with Gasteiger partial charge in [-0.2, -0.15) is 0 Å². The van der Waals surface area contributed by atoms with Gasteiger partial charge in [-0.15, -0.1) is 0 Å². The first kappa shape index (κ1) is 17.8. The molecule has 0 unspecified atom stereocenters. The van der Waals surface area contributed by atoms with Gasteiger partial charge in [-0.3, -0.25) is 4.98 Å². The lowest BCUT2D eigenvalue weighted by Gasteiger charge is -2.14. The molecular formula is C20H17F2NO3. The van der Waals surface area contributed by atoms with E-state index in [1.54, 1.807) is 19.1 Å². The summed E-state index contributed by atoms with van der Waals surface area (Å²) in [5.41, 5.74) is 0.896. The molecule has 0 bridgehead atoms. The van der Waals surface area contributed by atoms with Crippen molar-refractivity contribution in [3.05, 3.63) is 59.3 Å². The highest BCUT2D eigenvalue weighted by Crippen LogP contribution is 2.38. The van der Waals surface area contributed by atoms with E-state index in [-0.39, 0.29) is 34.6 Å². The Labute approximate surface area is 149 Å². The fraction of sp³-hybridized carbons (Fsp3) is 0.200. The molecule has 3 aromatic rings. The van der Waals surface area contributed by atoms with Crippen LogP contribution >= 0.6 is 0 Å². The van der Waals surface area contributed by atoms with Crippen LogP contribution < -0.4 is 4.74 Å². The van der Waals surface area contributed by atoms with Crippen LogP contribution in [0.4, 0.5) is 8.78 Å². The number of methoxy groups -OCH3 is 1. The van der Waals surface area contributed by atoms with E-state index >= 15 is 0 Å². The Balaban J connectivity index is 2.34. The van der Waals surface area contributed by atoms with Crippen LogP contribution in [0.2, 0.25) is 0 Å². The van der Waals surface area contributed by atoms with Crippen LogP contribution in [0.25, 0.3) is 22.0 Å². The van der Waals surface area contributed by atoms with Crippen LogP contribution in [0.5, 0.6) is 5.75 Å². The molecule has 0 saturated carbocycles. The molecule has 6 heteroatoms. The summed E-state index contributed by atoms with van der Waals surface area (Å²) in [6, 6.07) is 7.58. The number of carbonyl (C=O) groups excluding carboxylic acids is 1. The summed E-state index contributed by atoms with van der Waals surface area (Å²) in [5.74, 6) is -2.07. The van der Waals surface area contributed by atoms with E-state index in [9.17, 15) is 13.6 Å². The molecule has 0 aliphatic rings. The number of ether oxygens (including phenoxy) is 2. The van der Waals surface area contributed by atoms with E-state index in [0.29, 0.717) is 10.9 Å². The van der Waals surface area contributed by atoms with Gasteiger partial charge in [-0.1, -0.05) is 12.1 Å². The molecule has 0 fully saturated rings. The smallest absolute Gasteiger partial charge is 0.340 e. The highest BCUT2D eigenvalue weighted by Gasteiger charge is 2.23. The quantitative estimate of drug-likeness (QED) is 0.637. The van der Waals surface area contributed by atoms with Crippen molar-refractivity contribution in [3.63, 3.8) is 0 Å². The number of hydrogen-bond donors (Lipinski definition) is 0. The molecule has 26 heavy (non-hydrogen) atoms. The van der Waals surface area contributed by atoms with Crippen molar-refractivity contribution >= 4 is 16.9 Å². The third-order valence-electron chi connectivity index (χ3n) is 4.10. The number of aryl methyl sites for hydroxylation is 1. The number of rotatable bonds is 4. The predicted molar refractivity (Wildman–Crippen MR) is 94.3 cm³/mol. The van der Waals surface area contributed by atoms with E-state index in [0.717, 1.165) is 0 Å². The minimum atomic E-state index is -0.801. The first-order chi connectivity index (χ1) is 12.5. The first-order valence-electron chi connectivity index (χ1n) is 8.07. The number of benzene rings is 2. The van der Waals surface area contributed by atoms with Gasteiger partial charge in [0.05, 0.1) is 30.4 Å². The fourth-order valence-electron chi connectivity index (χ4n) is 2.89. The van der Waals surface area contributed by atoms with Gasteiger partial charge in [0, 0.05) is 11.6 Å². The van der Waals surface area contributed by atoms with E-state index in [1.165, 1.54) is 38.4 Å². The fourth-order valence-corrected chi connectivity index (χ4v) is 2.89. The van der Waals surface area contributed by atoms with Gasteiger partial charge in [0.15, 0.2) is 11.6 Å². The summed E-state index contributed by atoms with van der Waals surface area (Å²) in [6.07, 6.45) is 1.51. The Bertz CT molecular complexity index is 1000. The van der Waals surface area contributed by atoms with Crippen molar-refractivity contribution in [2.75, 3.05) is 13.7 Å². The van der Waals surface area contributed by atoms with E-state index < -0.39 is 17.6 Å². The third kappa shape index (κ3) is 2.87. The maximum Gasteiger partial charge on any atom is 0.340 e. The SMILES string of the molecule is CCOC(=O)c1ccc(-c2c(F)c(C)cc(OC)c2F)c2cccnc12. The second kappa shape index (κ2) is 7.07. The lowest BCUT2D eigenvalue weighted by molar-refractivity contribution is 0.0528. The highest BCUT2D eigenvalue weighted by molar-refractivity contribution is 6.07. The number of halogens is 2. The summed E-state index contributed by atoms with van der Waals surface area (Å²) in [5, 5.41) is 0.448. The monoisotopic (exact) mass is 357 g/mol. The molecule has 0 saturated heterocycles. The van der Waals surface area contributed by atoms with Gasteiger partial charge in [-0.05, 0) is 43.2 Å². The zero-order valence-corrected chi connectivity index (χ0v) is 14.6. The second-order valence-electron chi connectivity index (χ2n) is 5.68. The van der Waals surface area contributed by atoms with Gasteiger partial charge < -0.3 is 9.47 Å². The Morgan fingerprint density at radius 1 is 1.19 bits per heavy atom. The molecular weight excluding hydrogens is 340 g/mol. The third-order valence-corrected chi connectivity index (χ3v) is 4.10. The molecule has 1 aromatic heterocycles. The van der Waals surface area contributed by atoms with Crippen molar-refractivity contribution in [1.29, 1.82) is 0 Å². The highest BCUT2D eigenvalue weighted by atomic mass is 19.1. The van der Waals surface area contributed by atoms with Crippen molar-refractivity contribution < 1.29 is 23.0 Å². The number of fused-ring (bicyclic) bond motifs is 1. The molecule has 0 amide bonds. The second-order valence-corrected chi connectivity index (χ2v) is 5.68. The van der Waals surface area contributed by atoms with Gasteiger partial charge >= 0.3 is 5.97 Å². The van der Waals surface area contributed by atoms with E-state index in [1.807, 2.05) is 0 Å². The predicted octanol–water partition coefficient (Wildman–Crippen LogP) is 4.67. The van der Waals surface area contributed by atoms with Crippen LogP contribution in [0.15, 0.2) is 36.5 Å². The number of carbonyl (C=O) groups is 1. The number of aromatic nitrogens is 1. The lowest BCUT2D eigenvalue weighted by Crippen LogP contribution is -2.07. The molecule has 0 aliphatic heterocycles. The van der Waals surface area contributed by atoms with Crippen LogP contribution in [0.3, 0.4) is 0 Å². The van der Waals surface area contributed by atoms with Crippen molar-refractivity contribution in [1.82, 2.24) is 4.98 Å². The molecule has 0 aliphatic carbocycles. The molecule has 134 valence electrons. The van der Waals surface area contributed by atoms with Gasteiger partial charge in [0.2, 0.25) is 0 Å². The molecule has 1 heterocycles. The molecule has 0 radical (unpaired) electrons. The van der Waals surface area contributed by atoms with Gasteiger partial charge in [-0.25, -0.2) is 13.6 Å². The average molecular weight is 357 g/mol. The molecule has 4 nitrogen and oxygen atoms in total. The zero-order chi connectivity index (χ0) is 18.8. The van der Waals surface area contributed by atoms with E-state index in [4.69, 9.17) is 9.47 Å². The number of esters is 1. The largest absolute Gasteiger partial charge is 0.494 e. The number of pyridine rings is 1.